The van der Waals surface area contributed by atoms with E-state index in [0.717, 1.165) is 13.0 Å². The molecule has 2 aromatic rings. The molecule has 0 unspecified atom stereocenters. The van der Waals surface area contributed by atoms with E-state index in [9.17, 15) is 0 Å². The molecule has 1 aromatic carbocycles. The number of aromatic nitrogens is 1. The molecule has 0 saturated carbocycles. The SMILES string of the molecule is CN1CCC[C@@]12NCCc1c2[nH]c2ccccc12. The summed E-state index contributed by atoms with van der Waals surface area (Å²) in [6.07, 6.45) is 3.62. The smallest absolute Gasteiger partial charge is 0.113 e. The van der Waals surface area contributed by atoms with E-state index in [4.69, 9.17) is 0 Å². The molecule has 18 heavy (non-hydrogen) atoms. The Morgan fingerprint density at radius 2 is 2.17 bits per heavy atom. The van der Waals surface area contributed by atoms with Crippen LogP contribution in [-0.2, 0) is 12.1 Å². The summed E-state index contributed by atoms with van der Waals surface area (Å²) in [5, 5.41) is 5.17. The quantitative estimate of drug-likeness (QED) is 0.741. The maximum atomic E-state index is 3.76. The number of likely N-dealkylation sites (tertiary alicyclic amines) is 1. The summed E-state index contributed by atoms with van der Waals surface area (Å²) in [6.45, 7) is 2.26. The second-order valence-electron chi connectivity index (χ2n) is 5.59. The highest BCUT2D eigenvalue weighted by atomic mass is 15.3. The monoisotopic (exact) mass is 241 g/mol. The van der Waals surface area contributed by atoms with Crippen molar-refractivity contribution in [1.82, 2.24) is 15.2 Å². The van der Waals surface area contributed by atoms with Crippen molar-refractivity contribution in [3.63, 3.8) is 0 Å². The van der Waals surface area contributed by atoms with Crippen LogP contribution < -0.4 is 5.32 Å². The van der Waals surface area contributed by atoms with Crippen LogP contribution >= 0.6 is 0 Å². The van der Waals surface area contributed by atoms with Gasteiger partial charge in [-0.3, -0.25) is 10.2 Å². The number of fused-ring (bicyclic) bond motifs is 4. The number of para-hydroxylation sites is 1. The van der Waals surface area contributed by atoms with E-state index in [-0.39, 0.29) is 5.66 Å². The van der Waals surface area contributed by atoms with Gasteiger partial charge in [-0.05, 0) is 37.9 Å². The molecule has 0 radical (unpaired) electrons. The van der Waals surface area contributed by atoms with Gasteiger partial charge in [-0.2, -0.15) is 0 Å². The minimum atomic E-state index is 0.0621. The Hall–Kier alpha value is -1.32. The van der Waals surface area contributed by atoms with E-state index in [0.29, 0.717) is 0 Å². The fourth-order valence-corrected chi connectivity index (χ4v) is 3.79. The number of benzene rings is 1. The van der Waals surface area contributed by atoms with Crippen LogP contribution in [0.25, 0.3) is 10.9 Å². The summed E-state index contributed by atoms with van der Waals surface area (Å²) in [5.74, 6) is 0. The highest BCUT2D eigenvalue weighted by Crippen LogP contribution is 2.41. The summed E-state index contributed by atoms with van der Waals surface area (Å²) in [7, 11) is 2.24. The van der Waals surface area contributed by atoms with Gasteiger partial charge >= 0.3 is 0 Å². The van der Waals surface area contributed by atoms with Gasteiger partial charge < -0.3 is 4.98 Å². The van der Waals surface area contributed by atoms with Gasteiger partial charge in [-0.25, -0.2) is 0 Å². The number of nitrogens with zero attached hydrogens (tertiary/aromatic N) is 1. The molecule has 1 fully saturated rings. The molecule has 0 bridgehead atoms. The van der Waals surface area contributed by atoms with Gasteiger partial charge in [-0.1, -0.05) is 18.2 Å². The number of rotatable bonds is 0. The minimum absolute atomic E-state index is 0.0621. The topological polar surface area (TPSA) is 31.1 Å². The summed E-state index contributed by atoms with van der Waals surface area (Å²) < 4.78 is 0. The number of hydrogen-bond donors (Lipinski definition) is 2. The molecular formula is C15H19N3. The van der Waals surface area contributed by atoms with E-state index in [2.05, 4.69) is 46.5 Å². The molecule has 2 aliphatic rings. The van der Waals surface area contributed by atoms with Gasteiger partial charge in [0.2, 0.25) is 0 Å². The van der Waals surface area contributed by atoms with E-state index >= 15 is 0 Å². The molecule has 1 aromatic heterocycles. The molecule has 94 valence electrons. The molecule has 1 atom stereocenters. The number of nitrogens with one attached hydrogen (secondary N) is 2. The van der Waals surface area contributed by atoms with Crippen LogP contribution in [0.5, 0.6) is 0 Å². The third-order valence-electron chi connectivity index (χ3n) is 4.70. The first kappa shape index (κ1) is 10.6. The van der Waals surface area contributed by atoms with Crippen molar-refractivity contribution in [1.29, 1.82) is 0 Å². The molecule has 1 spiro atoms. The van der Waals surface area contributed by atoms with Crippen LogP contribution in [0.4, 0.5) is 0 Å². The molecule has 2 aliphatic heterocycles. The molecule has 0 aliphatic carbocycles. The summed E-state index contributed by atoms with van der Waals surface area (Å²) in [5.41, 5.74) is 4.28. The molecule has 0 amide bonds. The molecule has 3 heteroatoms. The van der Waals surface area contributed by atoms with E-state index in [1.54, 1.807) is 0 Å². The van der Waals surface area contributed by atoms with Crippen molar-refractivity contribution >= 4 is 10.9 Å². The first-order valence-electron chi connectivity index (χ1n) is 6.88. The highest BCUT2D eigenvalue weighted by molar-refractivity contribution is 5.85. The van der Waals surface area contributed by atoms with Crippen molar-refractivity contribution in [2.45, 2.75) is 24.9 Å². The lowest BCUT2D eigenvalue weighted by atomic mass is 9.92. The second-order valence-corrected chi connectivity index (χ2v) is 5.59. The normalized spacial score (nSPS) is 28.1. The minimum Gasteiger partial charge on any atom is -0.355 e. The first-order chi connectivity index (χ1) is 8.81. The van der Waals surface area contributed by atoms with Crippen LogP contribution in [0.1, 0.15) is 24.1 Å². The van der Waals surface area contributed by atoms with Crippen molar-refractivity contribution in [2.75, 3.05) is 20.1 Å². The average molecular weight is 241 g/mol. The van der Waals surface area contributed by atoms with Gasteiger partial charge in [0.15, 0.2) is 0 Å². The summed E-state index contributed by atoms with van der Waals surface area (Å²) in [4.78, 5) is 6.15. The average Bonchev–Trinajstić information content (AvgIpc) is 2.94. The fraction of sp³-hybridized carbons (Fsp3) is 0.467. The van der Waals surface area contributed by atoms with Crippen molar-refractivity contribution in [2.24, 2.45) is 0 Å². The van der Waals surface area contributed by atoms with Gasteiger partial charge in [0, 0.05) is 24.0 Å². The number of hydrogen-bond acceptors (Lipinski definition) is 2. The Morgan fingerprint density at radius 1 is 1.28 bits per heavy atom. The molecule has 1 saturated heterocycles. The second kappa shape index (κ2) is 3.59. The standard InChI is InChI=1S/C15H19N3/c1-18-10-4-8-15(18)14-12(7-9-16-15)11-5-2-3-6-13(11)17-14/h2-3,5-6,16-17H,4,7-10H2,1H3/t15-/m1/s1. The third-order valence-corrected chi connectivity index (χ3v) is 4.70. The largest absolute Gasteiger partial charge is 0.355 e. The number of H-pyrrole nitrogens is 1. The van der Waals surface area contributed by atoms with Gasteiger partial charge in [0.25, 0.3) is 0 Å². The van der Waals surface area contributed by atoms with Crippen LogP contribution in [-0.4, -0.2) is 30.0 Å². The van der Waals surface area contributed by atoms with E-state index in [1.165, 1.54) is 41.5 Å². The Morgan fingerprint density at radius 3 is 3.00 bits per heavy atom. The fourth-order valence-electron chi connectivity index (χ4n) is 3.79. The lowest BCUT2D eigenvalue weighted by molar-refractivity contribution is 0.115. The summed E-state index contributed by atoms with van der Waals surface area (Å²) >= 11 is 0. The van der Waals surface area contributed by atoms with Crippen molar-refractivity contribution in [3.8, 4) is 0 Å². The van der Waals surface area contributed by atoms with Crippen LogP contribution in [0.3, 0.4) is 0 Å². The van der Waals surface area contributed by atoms with E-state index in [1.807, 2.05) is 0 Å². The van der Waals surface area contributed by atoms with Crippen molar-refractivity contribution < 1.29 is 0 Å². The zero-order valence-electron chi connectivity index (χ0n) is 10.8. The summed E-state index contributed by atoms with van der Waals surface area (Å²) in [6, 6.07) is 8.70. The molecular weight excluding hydrogens is 222 g/mol. The molecule has 2 N–H and O–H groups in total. The zero-order chi connectivity index (χ0) is 12.2. The number of aromatic amines is 1. The molecule has 4 rings (SSSR count). The van der Waals surface area contributed by atoms with Crippen LogP contribution in [0, 0.1) is 0 Å². The maximum absolute atomic E-state index is 3.76. The Balaban J connectivity index is 1.99. The Labute approximate surface area is 107 Å². The first-order valence-corrected chi connectivity index (χ1v) is 6.88. The highest BCUT2D eigenvalue weighted by Gasteiger charge is 2.44. The van der Waals surface area contributed by atoms with Gasteiger partial charge in [0.1, 0.15) is 5.66 Å². The van der Waals surface area contributed by atoms with Gasteiger partial charge in [0.05, 0.1) is 5.69 Å². The third kappa shape index (κ3) is 1.21. The Kier molecular flexibility index (Phi) is 2.11. The van der Waals surface area contributed by atoms with Crippen LogP contribution in [0.15, 0.2) is 24.3 Å². The lowest BCUT2D eigenvalue weighted by Gasteiger charge is -2.40. The van der Waals surface area contributed by atoms with E-state index < -0.39 is 0 Å². The predicted octanol–water partition coefficient (Wildman–Crippen LogP) is 2.19. The Bertz CT molecular complexity index is 601. The predicted molar refractivity (Wildman–Crippen MR) is 73.5 cm³/mol. The molecule has 3 heterocycles. The lowest BCUT2D eigenvalue weighted by Crippen LogP contribution is -2.54. The van der Waals surface area contributed by atoms with Crippen molar-refractivity contribution in [3.05, 3.63) is 35.5 Å². The molecule has 3 nitrogen and oxygen atoms in total. The maximum Gasteiger partial charge on any atom is 0.113 e. The van der Waals surface area contributed by atoms with Gasteiger partial charge in [-0.15, -0.1) is 0 Å². The zero-order valence-corrected chi connectivity index (χ0v) is 10.8. The van der Waals surface area contributed by atoms with Crippen LogP contribution in [0.2, 0.25) is 0 Å².